The first-order valence-electron chi connectivity index (χ1n) is 10.3. The molecule has 0 radical (unpaired) electrons. The number of amides is 2. The van der Waals surface area contributed by atoms with E-state index in [4.69, 9.17) is 15.6 Å². The van der Waals surface area contributed by atoms with Crippen LogP contribution in [-0.4, -0.2) is 35.2 Å². The fourth-order valence-electron chi connectivity index (χ4n) is 4.05. The summed E-state index contributed by atoms with van der Waals surface area (Å²) < 4.78 is 7.23. The van der Waals surface area contributed by atoms with Gasteiger partial charge in [-0.1, -0.05) is 36.9 Å². The number of benzene rings is 2. The fourth-order valence-corrected chi connectivity index (χ4v) is 4.05. The van der Waals surface area contributed by atoms with E-state index in [1.54, 1.807) is 11.8 Å². The third-order valence-corrected chi connectivity index (χ3v) is 5.61. The topological polar surface area (TPSA) is 111 Å². The Morgan fingerprint density at radius 2 is 2.09 bits per heavy atom. The van der Waals surface area contributed by atoms with E-state index < -0.39 is 5.91 Å². The quantitative estimate of drug-likeness (QED) is 0.517. The summed E-state index contributed by atoms with van der Waals surface area (Å²) in [5.74, 6) is 0.401. The van der Waals surface area contributed by atoms with Crippen molar-refractivity contribution >= 4 is 23.3 Å². The molecule has 8 heteroatoms. The molecule has 1 aliphatic rings. The number of hydrogen-bond donors (Lipinski definition) is 3. The second-order valence-corrected chi connectivity index (χ2v) is 7.58. The van der Waals surface area contributed by atoms with E-state index in [-0.39, 0.29) is 11.9 Å². The maximum Gasteiger partial charge on any atom is 0.254 e. The Hall–Kier alpha value is -4.07. The lowest BCUT2D eigenvalue weighted by atomic mass is 9.99. The number of fused-ring (bicyclic) bond motifs is 1. The number of anilines is 2. The third-order valence-electron chi connectivity index (χ3n) is 5.61. The maximum absolute atomic E-state index is 12.5. The Morgan fingerprint density at radius 1 is 1.31 bits per heavy atom. The predicted molar refractivity (Wildman–Crippen MR) is 124 cm³/mol. The summed E-state index contributed by atoms with van der Waals surface area (Å²) in [6.45, 7) is 6.09. The van der Waals surface area contributed by atoms with E-state index in [9.17, 15) is 9.59 Å². The van der Waals surface area contributed by atoms with E-state index in [1.807, 2.05) is 49.4 Å². The minimum absolute atomic E-state index is 0.202. The number of nitrogens with two attached hydrogens (primary N) is 1. The lowest BCUT2D eigenvalue weighted by Gasteiger charge is -2.28. The first kappa shape index (κ1) is 21.2. The van der Waals surface area contributed by atoms with Gasteiger partial charge in [-0.3, -0.25) is 9.59 Å². The fraction of sp³-hybridized carbons (Fsp3) is 0.208. The highest BCUT2D eigenvalue weighted by atomic mass is 16.5. The van der Waals surface area contributed by atoms with Gasteiger partial charge in [-0.15, -0.1) is 0 Å². The van der Waals surface area contributed by atoms with Gasteiger partial charge < -0.3 is 21.1 Å². The second-order valence-electron chi connectivity index (χ2n) is 7.58. The number of rotatable bonds is 6. The van der Waals surface area contributed by atoms with Gasteiger partial charge in [0.15, 0.2) is 0 Å². The molecular weight excluding hydrogens is 406 g/mol. The number of hydrogen-bond acceptors (Lipinski definition) is 5. The molecule has 4 N–H and O–H groups in total. The van der Waals surface area contributed by atoms with Gasteiger partial charge in [-0.05, 0) is 37.1 Å². The maximum atomic E-state index is 12.5. The molecule has 0 unspecified atom stereocenters. The molecule has 32 heavy (non-hydrogen) atoms. The van der Waals surface area contributed by atoms with Gasteiger partial charge in [-0.25, -0.2) is 4.68 Å². The predicted octanol–water partition coefficient (Wildman–Crippen LogP) is 3.50. The highest BCUT2D eigenvalue weighted by molar-refractivity contribution is 6.04. The van der Waals surface area contributed by atoms with Crippen molar-refractivity contribution < 1.29 is 14.3 Å². The van der Waals surface area contributed by atoms with E-state index in [1.165, 1.54) is 6.08 Å². The van der Waals surface area contributed by atoms with Gasteiger partial charge in [-0.2, -0.15) is 5.10 Å². The lowest BCUT2D eigenvalue weighted by Crippen LogP contribution is -2.27. The number of carbonyl (C=O) groups excluding carboxylic acids is 2. The molecule has 4 rings (SSSR count). The van der Waals surface area contributed by atoms with Crippen molar-refractivity contribution in [1.29, 1.82) is 0 Å². The zero-order valence-electron chi connectivity index (χ0n) is 18.0. The number of methoxy groups -OCH3 is 1. The highest BCUT2D eigenvalue weighted by Gasteiger charge is 2.31. The van der Waals surface area contributed by atoms with Crippen LogP contribution in [0.5, 0.6) is 5.75 Å². The standard InChI is InChI=1S/C24H25N5O3/c1-4-20(30)27-17-8-6-5-7-16(17)18-11-12-26-24-21(23(25)31)22(28-29(18)24)15-10-9-14(2)19(13-15)32-3/h4-10,13,18,26H,1,11-12H2,2-3H3,(H2,25,31)(H,27,30)/t18-/m0/s1. The van der Waals surface area contributed by atoms with Crippen LogP contribution in [0.3, 0.4) is 0 Å². The van der Waals surface area contributed by atoms with Crippen LogP contribution in [-0.2, 0) is 4.79 Å². The van der Waals surface area contributed by atoms with Crippen LogP contribution in [0, 0.1) is 6.92 Å². The average Bonchev–Trinajstić information content (AvgIpc) is 3.20. The SMILES string of the molecule is C=CC(=O)Nc1ccccc1[C@@H]1CCNc2c(C(N)=O)c(-c3ccc(C)c(OC)c3)nn21. The molecule has 0 saturated carbocycles. The van der Waals surface area contributed by atoms with Crippen molar-refractivity contribution in [2.75, 3.05) is 24.3 Å². The molecule has 164 valence electrons. The van der Waals surface area contributed by atoms with E-state index in [0.29, 0.717) is 41.5 Å². The van der Waals surface area contributed by atoms with Crippen LogP contribution < -0.4 is 21.1 Å². The van der Waals surface area contributed by atoms with Crippen LogP contribution in [0.25, 0.3) is 11.3 Å². The van der Waals surface area contributed by atoms with Crippen molar-refractivity contribution in [2.24, 2.45) is 5.73 Å². The van der Waals surface area contributed by atoms with Crippen LogP contribution >= 0.6 is 0 Å². The number of nitrogens with one attached hydrogen (secondary N) is 2. The molecule has 2 heterocycles. The molecule has 3 aromatic rings. The molecular formula is C24H25N5O3. The molecule has 0 spiro atoms. The molecule has 1 aromatic heterocycles. The molecule has 1 atom stereocenters. The van der Waals surface area contributed by atoms with Gasteiger partial charge >= 0.3 is 0 Å². The van der Waals surface area contributed by atoms with Gasteiger partial charge in [0, 0.05) is 23.4 Å². The first-order chi connectivity index (χ1) is 15.4. The van der Waals surface area contributed by atoms with E-state index in [0.717, 1.165) is 16.7 Å². The summed E-state index contributed by atoms with van der Waals surface area (Å²) in [5, 5.41) is 10.9. The van der Waals surface area contributed by atoms with Gasteiger partial charge in [0.25, 0.3) is 5.91 Å². The summed E-state index contributed by atoms with van der Waals surface area (Å²) >= 11 is 0. The zero-order chi connectivity index (χ0) is 22.8. The Kier molecular flexibility index (Phi) is 5.68. The summed E-state index contributed by atoms with van der Waals surface area (Å²) in [7, 11) is 1.60. The van der Waals surface area contributed by atoms with Gasteiger partial charge in [0.1, 0.15) is 22.8 Å². The lowest BCUT2D eigenvalue weighted by molar-refractivity contribution is -0.111. The molecule has 0 fully saturated rings. The number of ether oxygens (including phenoxy) is 1. The number of primary amides is 1. The Balaban J connectivity index is 1.87. The summed E-state index contributed by atoms with van der Waals surface area (Å²) in [6, 6.07) is 13.0. The molecule has 1 aliphatic heterocycles. The number of carbonyl (C=O) groups is 2. The number of aryl methyl sites for hydroxylation is 1. The molecule has 0 aliphatic carbocycles. The summed E-state index contributed by atoms with van der Waals surface area (Å²) in [6.07, 6.45) is 1.94. The molecule has 8 nitrogen and oxygen atoms in total. The van der Waals surface area contributed by atoms with Crippen LogP contribution in [0.1, 0.15) is 33.9 Å². The minimum atomic E-state index is -0.567. The van der Waals surface area contributed by atoms with Crippen molar-refractivity contribution in [1.82, 2.24) is 9.78 Å². The van der Waals surface area contributed by atoms with Crippen molar-refractivity contribution in [3.05, 3.63) is 71.8 Å². The number of para-hydroxylation sites is 1. The first-order valence-corrected chi connectivity index (χ1v) is 10.3. The van der Waals surface area contributed by atoms with Crippen LogP contribution in [0.4, 0.5) is 11.5 Å². The molecule has 2 amide bonds. The number of nitrogens with zero attached hydrogens (tertiary/aromatic N) is 2. The zero-order valence-corrected chi connectivity index (χ0v) is 18.0. The third kappa shape index (κ3) is 3.71. The largest absolute Gasteiger partial charge is 0.496 e. The minimum Gasteiger partial charge on any atom is -0.496 e. The Morgan fingerprint density at radius 3 is 2.81 bits per heavy atom. The highest BCUT2D eigenvalue weighted by Crippen LogP contribution is 2.39. The number of aromatic nitrogens is 2. The molecule has 0 bridgehead atoms. The van der Waals surface area contributed by atoms with Gasteiger partial charge in [0.05, 0.1) is 13.2 Å². The van der Waals surface area contributed by atoms with Crippen molar-refractivity contribution in [3.8, 4) is 17.0 Å². The second kappa shape index (κ2) is 8.58. The Bertz CT molecular complexity index is 1210. The smallest absolute Gasteiger partial charge is 0.254 e. The van der Waals surface area contributed by atoms with E-state index >= 15 is 0 Å². The van der Waals surface area contributed by atoms with Gasteiger partial charge in [0.2, 0.25) is 5.91 Å². The van der Waals surface area contributed by atoms with E-state index in [2.05, 4.69) is 17.2 Å². The van der Waals surface area contributed by atoms with Crippen molar-refractivity contribution in [2.45, 2.75) is 19.4 Å². The summed E-state index contributed by atoms with van der Waals surface area (Å²) in [4.78, 5) is 24.4. The van der Waals surface area contributed by atoms with Crippen molar-refractivity contribution in [3.63, 3.8) is 0 Å². The van der Waals surface area contributed by atoms with Crippen LogP contribution in [0.2, 0.25) is 0 Å². The Labute approximate surface area is 186 Å². The molecule has 0 saturated heterocycles. The summed E-state index contributed by atoms with van der Waals surface area (Å²) in [5.41, 5.74) is 9.86. The average molecular weight is 431 g/mol. The molecule has 2 aromatic carbocycles. The van der Waals surface area contributed by atoms with Crippen LogP contribution in [0.15, 0.2) is 55.1 Å². The normalized spacial score (nSPS) is 14.8. The monoisotopic (exact) mass is 431 g/mol.